The van der Waals surface area contributed by atoms with Gasteiger partial charge in [0.25, 0.3) is 5.91 Å². The van der Waals surface area contributed by atoms with Gasteiger partial charge in [-0.2, -0.15) is 4.99 Å². The van der Waals surface area contributed by atoms with Gasteiger partial charge in [-0.1, -0.05) is 0 Å². The molecule has 0 saturated heterocycles. The predicted molar refractivity (Wildman–Crippen MR) is 105 cm³/mol. The van der Waals surface area contributed by atoms with E-state index in [2.05, 4.69) is 77.2 Å². The van der Waals surface area contributed by atoms with Gasteiger partial charge >= 0.3 is 0 Å². The summed E-state index contributed by atoms with van der Waals surface area (Å²) < 4.78 is 3.45. The Labute approximate surface area is 153 Å². The number of amides is 1. The van der Waals surface area contributed by atoms with Crippen molar-refractivity contribution in [1.29, 1.82) is 0 Å². The molecule has 6 heteroatoms. The number of halogens is 1. The van der Waals surface area contributed by atoms with Crippen LogP contribution in [0.5, 0.6) is 0 Å². The zero-order valence-corrected chi connectivity index (χ0v) is 16.0. The van der Waals surface area contributed by atoms with Gasteiger partial charge in [-0.05, 0) is 96.6 Å². The van der Waals surface area contributed by atoms with Crippen LogP contribution in [0.2, 0.25) is 0 Å². The summed E-state index contributed by atoms with van der Waals surface area (Å²) in [6, 6.07) is 8.49. The van der Waals surface area contributed by atoms with Crippen molar-refractivity contribution in [3.63, 3.8) is 0 Å². The van der Waals surface area contributed by atoms with E-state index in [9.17, 15) is 4.79 Å². The van der Waals surface area contributed by atoms with Crippen LogP contribution in [-0.2, 0) is 4.79 Å². The summed E-state index contributed by atoms with van der Waals surface area (Å²) in [6.07, 6.45) is 1.87. The van der Waals surface area contributed by atoms with Gasteiger partial charge in [-0.3, -0.25) is 4.79 Å². The Bertz CT molecular complexity index is 880. The molecule has 1 aromatic heterocycles. The first-order valence-corrected chi connectivity index (χ1v) is 9.00. The number of amidine groups is 1. The normalized spacial score (nSPS) is 16.3. The van der Waals surface area contributed by atoms with Crippen molar-refractivity contribution in [3.05, 3.63) is 55.3 Å². The smallest absolute Gasteiger partial charge is 0.286 e. The summed E-state index contributed by atoms with van der Waals surface area (Å²) in [5, 5.41) is 0.309. The van der Waals surface area contributed by atoms with Gasteiger partial charge < -0.3 is 10.3 Å². The molecule has 0 radical (unpaired) electrons. The zero-order valence-electron chi connectivity index (χ0n) is 13.1. The second-order valence-corrected chi connectivity index (χ2v) is 7.69. The fraction of sp³-hybridized carbons (Fsp3) is 0.176. The van der Waals surface area contributed by atoms with Crippen LogP contribution in [0.4, 0.5) is 0 Å². The summed E-state index contributed by atoms with van der Waals surface area (Å²) in [5.74, 6) is -0.262. The van der Waals surface area contributed by atoms with Crippen LogP contribution in [0.3, 0.4) is 0 Å². The summed E-state index contributed by atoms with van der Waals surface area (Å²) in [4.78, 5) is 16.1. The lowest BCUT2D eigenvalue weighted by Crippen LogP contribution is -2.01. The number of hydrogen-bond acceptors (Lipinski definition) is 3. The molecule has 0 spiro atoms. The Kier molecular flexibility index (Phi) is 4.37. The molecule has 1 amide bonds. The minimum atomic E-state index is -0.262. The van der Waals surface area contributed by atoms with Crippen molar-refractivity contribution in [1.82, 2.24) is 4.57 Å². The average molecular weight is 437 g/mol. The van der Waals surface area contributed by atoms with Crippen LogP contribution >= 0.6 is 34.4 Å². The molecule has 23 heavy (non-hydrogen) atoms. The highest BCUT2D eigenvalue weighted by Crippen LogP contribution is 2.30. The minimum Gasteiger partial charge on any atom is -0.378 e. The molecule has 0 aliphatic carbocycles. The highest BCUT2D eigenvalue weighted by atomic mass is 127. The van der Waals surface area contributed by atoms with Crippen molar-refractivity contribution in [2.45, 2.75) is 20.8 Å². The van der Waals surface area contributed by atoms with Crippen molar-refractivity contribution in [2.24, 2.45) is 10.7 Å². The average Bonchev–Trinajstić information content (AvgIpc) is 2.93. The van der Waals surface area contributed by atoms with E-state index in [1.807, 2.05) is 6.08 Å². The van der Waals surface area contributed by atoms with Crippen molar-refractivity contribution >= 4 is 51.5 Å². The first kappa shape index (κ1) is 16.3. The fourth-order valence-electron chi connectivity index (χ4n) is 2.67. The van der Waals surface area contributed by atoms with E-state index in [0.717, 1.165) is 22.6 Å². The number of nitrogens with two attached hydrogens (primary N) is 1. The molecule has 2 aromatic rings. The van der Waals surface area contributed by atoms with Crippen LogP contribution in [0.25, 0.3) is 11.8 Å². The standard InChI is InChI=1S/C17H16IN3OS/c1-9-6-13(4-5-14(9)18)21-10(2)7-12(11(21)3)8-15-16(22)20-17(19)23-15/h4-8H,1-3H3,(H2,19,20,22). The molecular weight excluding hydrogens is 421 g/mol. The monoisotopic (exact) mass is 437 g/mol. The molecule has 0 unspecified atom stereocenters. The molecule has 0 bridgehead atoms. The van der Waals surface area contributed by atoms with Gasteiger partial charge in [0.05, 0.1) is 4.91 Å². The molecule has 0 atom stereocenters. The Morgan fingerprint density at radius 3 is 2.61 bits per heavy atom. The van der Waals surface area contributed by atoms with Gasteiger partial charge in [0.1, 0.15) is 0 Å². The summed E-state index contributed by atoms with van der Waals surface area (Å²) in [6.45, 7) is 6.23. The Hall–Kier alpha value is -1.54. The third-order valence-electron chi connectivity index (χ3n) is 3.79. The quantitative estimate of drug-likeness (QED) is 0.572. The van der Waals surface area contributed by atoms with Gasteiger partial charge in [0, 0.05) is 20.6 Å². The van der Waals surface area contributed by atoms with Gasteiger partial charge in [-0.25, -0.2) is 0 Å². The molecule has 1 aromatic carbocycles. The van der Waals surface area contributed by atoms with Crippen LogP contribution in [0, 0.1) is 24.3 Å². The lowest BCUT2D eigenvalue weighted by Gasteiger charge is -2.11. The number of nitrogens with zero attached hydrogens (tertiary/aromatic N) is 2. The molecule has 118 valence electrons. The van der Waals surface area contributed by atoms with Crippen molar-refractivity contribution < 1.29 is 4.79 Å². The number of rotatable bonds is 2. The lowest BCUT2D eigenvalue weighted by atomic mass is 10.2. The number of carbonyl (C=O) groups excluding carboxylic acids is 1. The number of aliphatic imine (C=N–C) groups is 1. The first-order valence-electron chi connectivity index (χ1n) is 7.10. The van der Waals surface area contributed by atoms with Gasteiger partial charge in [-0.15, -0.1) is 0 Å². The Morgan fingerprint density at radius 1 is 1.26 bits per heavy atom. The number of carbonyl (C=O) groups is 1. The van der Waals surface area contributed by atoms with Crippen LogP contribution in [0.15, 0.2) is 34.2 Å². The maximum Gasteiger partial charge on any atom is 0.286 e. The van der Waals surface area contributed by atoms with Gasteiger partial charge in [0.2, 0.25) is 0 Å². The number of aryl methyl sites for hydroxylation is 2. The molecule has 1 aliphatic heterocycles. The Morgan fingerprint density at radius 2 is 2.00 bits per heavy atom. The molecule has 2 N–H and O–H groups in total. The SMILES string of the molecule is Cc1cc(-n2c(C)cc(C=C3SC(N)=NC3=O)c2C)ccc1I. The first-order chi connectivity index (χ1) is 10.9. The topological polar surface area (TPSA) is 60.4 Å². The number of benzene rings is 1. The van der Waals surface area contributed by atoms with E-state index in [1.54, 1.807) is 0 Å². The molecule has 0 saturated carbocycles. The number of hydrogen-bond donors (Lipinski definition) is 1. The zero-order chi connectivity index (χ0) is 16.7. The Balaban J connectivity index is 2.05. The van der Waals surface area contributed by atoms with E-state index in [1.165, 1.54) is 20.9 Å². The van der Waals surface area contributed by atoms with E-state index >= 15 is 0 Å². The molecule has 0 fully saturated rings. The largest absolute Gasteiger partial charge is 0.378 e. The summed E-state index contributed by atoms with van der Waals surface area (Å²) >= 11 is 3.56. The second kappa shape index (κ2) is 6.16. The van der Waals surface area contributed by atoms with Gasteiger partial charge in [0.15, 0.2) is 5.17 Å². The highest BCUT2D eigenvalue weighted by molar-refractivity contribution is 14.1. The van der Waals surface area contributed by atoms with E-state index < -0.39 is 0 Å². The molecule has 3 rings (SSSR count). The third-order valence-corrected chi connectivity index (χ3v) is 5.82. The molecular formula is C17H16IN3OS. The summed E-state index contributed by atoms with van der Waals surface area (Å²) in [7, 11) is 0. The third kappa shape index (κ3) is 3.10. The number of thioether (sulfide) groups is 1. The maximum atomic E-state index is 11.8. The van der Waals surface area contributed by atoms with Crippen LogP contribution in [0.1, 0.15) is 22.5 Å². The van der Waals surface area contributed by atoms with E-state index in [4.69, 9.17) is 5.73 Å². The minimum absolute atomic E-state index is 0.262. The van der Waals surface area contributed by atoms with Crippen LogP contribution in [-0.4, -0.2) is 15.6 Å². The van der Waals surface area contributed by atoms with E-state index in [-0.39, 0.29) is 5.91 Å². The number of aromatic nitrogens is 1. The maximum absolute atomic E-state index is 11.8. The van der Waals surface area contributed by atoms with Crippen molar-refractivity contribution in [2.75, 3.05) is 0 Å². The molecule has 4 nitrogen and oxygen atoms in total. The molecule has 1 aliphatic rings. The highest BCUT2D eigenvalue weighted by Gasteiger charge is 2.20. The van der Waals surface area contributed by atoms with Crippen LogP contribution < -0.4 is 5.73 Å². The van der Waals surface area contributed by atoms with E-state index in [0.29, 0.717) is 10.1 Å². The predicted octanol–water partition coefficient (Wildman–Crippen LogP) is 3.94. The summed E-state index contributed by atoms with van der Waals surface area (Å²) in [5.41, 5.74) is 11.2. The van der Waals surface area contributed by atoms with Crippen molar-refractivity contribution in [3.8, 4) is 5.69 Å². The second-order valence-electron chi connectivity index (χ2n) is 5.46. The molecule has 2 heterocycles. The lowest BCUT2D eigenvalue weighted by molar-refractivity contribution is -0.113. The fourth-order valence-corrected chi connectivity index (χ4v) is 3.67.